The van der Waals surface area contributed by atoms with Gasteiger partial charge in [0.25, 0.3) is 0 Å². The highest BCUT2D eigenvalue weighted by molar-refractivity contribution is 6.33. The maximum absolute atomic E-state index is 6.38. The van der Waals surface area contributed by atoms with Crippen LogP contribution in [-0.4, -0.2) is 32.3 Å². The molecule has 1 saturated heterocycles. The highest BCUT2D eigenvalue weighted by Gasteiger charge is 2.13. The fourth-order valence-electron chi connectivity index (χ4n) is 2.29. The van der Waals surface area contributed by atoms with Crippen LogP contribution >= 0.6 is 11.6 Å². The highest BCUT2D eigenvalue weighted by atomic mass is 35.5. The molecule has 0 saturated carbocycles. The number of hydrogen-bond donors (Lipinski definition) is 1. The Balaban J connectivity index is 2.12. The molecule has 4 heteroatoms. The standard InChI is InChI=1S/C14H21ClN2O/c1-11(16)9-12-3-4-14(13(15)10-12)17-5-2-7-18-8-6-17/h3-4,10-11H,2,5-9,16H2,1H3. The molecule has 1 aromatic carbocycles. The van der Waals surface area contributed by atoms with E-state index in [-0.39, 0.29) is 6.04 Å². The number of hydrogen-bond acceptors (Lipinski definition) is 3. The summed E-state index contributed by atoms with van der Waals surface area (Å²) in [6.45, 7) is 5.54. The van der Waals surface area contributed by atoms with Crippen molar-refractivity contribution in [2.45, 2.75) is 25.8 Å². The minimum atomic E-state index is 0.165. The Labute approximate surface area is 114 Å². The molecule has 1 aliphatic heterocycles. The van der Waals surface area contributed by atoms with Crippen molar-refractivity contribution in [1.29, 1.82) is 0 Å². The van der Waals surface area contributed by atoms with Gasteiger partial charge in [0.1, 0.15) is 0 Å². The first-order valence-electron chi connectivity index (χ1n) is 6.53. The lowest BCUT2D eigenvalue weighted by Crippen LogP contribution is -2.26. The van der Waals surface area contributed by atoms with E-state index in [9.17, 15) is 0 Å². The topological polar surface area (TPSA) is 38.5 Å². The molecule has 3 nitrogen and oxygen atoms in total. The van der Waals surface area contributed by atoms with Crippen LogP contribution in [0.15, 0.2) is 18.2 Å². The van der Waals surface area contributed by atoms with Crippen LogP contribution in [-0.2, 0) is 11.2 Å². The van der Waals surface area contributed by atoms with Gasteiger partial charge in [-0.05, 0) is 37.5 Å². The molecule has 1 fully saturated rings. The minimum Gasteiger partial charge on any atom is -0.380 e. The summed E-state index contributed by atoms with van der Waals surface area (Å²) in [4.78, 5) is 2.30. The van der Waals surface area contributed by atoms with E-state index in [4.69, 9.17) is 22.1 Å². The molecule has 0 aliphatic carbocycles. The smallest absolute Gasteiger partial charge is 0.0642 e. The largest absolute Gasteiger partial charge is 0.380 e. The van der Waals surface area contributed by atoms with E-state index in [0.29, 0.717) is 0 Å². The normalized spacial score (nSPS) is 18.5. The molecule has 1 aliphatic rings. The Morgan fingerprint density at radius 3 is 2.94 bits per heavy atom. The first kappa shape index (κ1) is 13.7. The van der Waals surface area contributed by atoms with Crippen molar-refractivity contribution in [1.82, 2.24) is 0 Å². The second kappa shape index (κ2) is 6.41. The van der Waals surface area contributed by atoms with Gasteiger partial charge in [-0.15, -0.1) is 0 Å². The zero-order valence-corrected chi connectivity index (χ0v) is 11.6. The monoisotopic (exact) mass is 268 g/mol. The van der Waals surface area contributed by atoms with Gasteiger partial charge in [0, 0.05) is 25.7 Å². The third-order valence-electron chi connectivity index (χ3n) is 3.13. The predicted octanol–water partition coefficient (Wildman–Crippen LogP) is 2.46. The first-order valence-corrected chi connectivity index (χ1v) is 6.91. The third kappa shape index (κ3) is 3.61. The van der Waals surface area contributed by atoms with Gasteiger partial charge in [0.05, 0.1) is 17.3 Å². The van der Waals surface area contributed by atoms with Gasteiger partial charge in [0.15, 0.2) is 0 Å². The molecular formula is C14H21ClN2O. The second-order valence-corrected chi connectivity index (χ2v) is 5.33. The van der Waals surface area contributed by atoms with Crippen LogP contribution in [0.25, 0.3) is 0 Å². The number of ether oxygens (including phenoxy) is 1. The van der Waals surface area contributed by atoms with Crippen molar-refractivity contribution < 1.29 is 4.74 Å². The zero-order valence-electron chi connectivity index (χ0n) is 10.9. The van der Waals surface area contributed by atoms with Gasteiger partial charge in [-0.3, -0.25) is 0 Å². The van der Waals surface area contributed by atoms with Crippen molar-refractivity contribution in [3.63, 3.8) is 0 Å². The van der Waals surface area contributed by atoms with Crippen molar-refractivity contribution in [2.24, 2.45) is 5.73 Å². The van der Waals surface area contributed by atoms with Crippen molar-refractivity contribution in [3.05, 3.63) is 28.8 Å². The lowest BCUT2D eigenvalue weighted by molar-refractivity contribution is 0.152. The molecule has 0 aromatic heterocycles. The maximum atomic E-state index is 6.38. The van der Waals surface area contributed by atoms with E-state index in [1.165, 1.54) is 5.56 Å². The second-order valence-electron chi connectivity index (χ2n) is 4.92. The van der Waals surface area contributed by atoms with Crippen LogP contribution in [0.4, 0.5) is 5.69 Å². The molecule has 0 spiro atoms. The average molecular weight is 269 g/mol. The first-order chi connectivity index (χ1) is 8.66. The van der Waals surface area contributed by atoms with Crippen LogP contribution in [0, 0.1) is 0 Å². The summed E-state index contributed by atoms with van der Waals surface area (Å²) in [5.74, 6) is 0. The summed E-state index contributed by atoms with van der Waals surface area (Å²) in [6.07, 6.45) is 1.92. The number of benzene rings is 1. The minimum absolute atomic E-state index is 0.165. The van der Waals surface area contributed by atoms with Crippen molar-refractivity contribution in [2.75, 3.05) is 31.2 Å². The van der Waals surface area contributed by atoms with E-state index in [1.54, 1.807) is 0 Å². The van der Waals surface area contributed by atoms with Crippen LogP contribution < -0.4 is 10.6 Å². The Morgan fingerprint density at radius 2 is 2.22 bits per heavy atom. The molecule has 2 rings (SSSR count). The van der Waals surface area contributed by atoms with Crippen molar-refractivity contribution >= 4 is 17.3 Å². The maximum Gasteiger partial charge on any atom is 0.0642 e. The molecule has 2 N–H and O–H groups in total. The van der Waals surface area contributed by atoms with E-state index < -0.39 is 0 Å². The Bertz CT molecular complexity index is 387. The summed E-state index contributed by atoms with van der Waals surface area (Å²) >= 11 is 6.38. The SMILES string of the molecule is CC(N)Cc1ccc(N2CCCOCC2)c(Cl)c1. The van der Waals surface area contributed by atoms with E-state index in [2.05, 4.69) is 17.0 Å². The number of halogens is 1. The van der Waals surface area contributed by atoms with Crippen molar-refractivity contribution in [3.8, 4) is 0 Å². The number of nitrogens with zero attached hydrogens (tertiary/aromatic N) is 1. The van der Waals surface area contributed by atoms with Gasteiger partial charge < -0.3 is 15.4 Å². The molecule has 1 atom stereocenters. The quantitative estimate of drug-likeness (QED) is 0.915. The molecule has 0 radical (unpaired) electrons. The molecule has 0 bridgehead atoms. The molecule has 18 heavy (non-hydrogen) atoms. The Morgan fingerprint density at radius 1 is 1.39 bits per heavy atom. The fourth-order valence-corrected chi connectivity index (χ4v) is 2.62. The average Bonchev–Trinajstić information content (AvgIpc) is 2.57. The van der Waals surface area contributed by atoms with E-state index >= 15 is 0 Å². The fraction of sp³-hybridized carbons (Fsp3) is 0.571. The van der Waals surface area contributed by atoms with Gasteiger partial charge in [-0.2, -0.15) is 0 Å². The predicted molar refractivity (Wildman–Crippen MR) is 76.5 cm³/mol. The molecule has 0 amide bonds. The van der Waals surface area contributed by atoms with Crippen LogP contribution in [0.2, 0.25) is 5.02 Å². The van der Waals surface area contributed by atoms with Crippen LogP contribution in [0.5, 0.6) is 0 Å². The van der Waals surface area contributed by atoms with E-state index in [1.807, 2.05) is 13.0 Å². The summed E-state index contributed by atoms with van der Waals surface area (Å²) < 4.78 is 5.46. The molecular weight excluding hydrogens is 248 g/mol. The molecule has 1 aromatic rings. The summed E-state index contributed by atoms with van der Waals surface area (Å²) in [5.41, 5.74) is 8.11. The Kier molecular flexibility index (Phi) is 4.87. The van der Waals surface area contributed by atoms with E-state index in [0.717, 1.165) is 49.9 Å². The number of nitrogens with two attached hydrogens (primary N) is 1. The van der Waals surface area contributed by atoms with Crippen LogP contribution in [0.1, 0.15) is 18.9 Å². The van der Waals surface area contributed by atoms with Gasteiger partial charge >= 0.3 is 0 Å². The van der Waals surface area contributed by atoms with Gasteiger partial charge in [0.2, 0.25) is 0 Å². The third-order valence-corrected chi connectivity index (χ3v) is 3.44. The lowest BCUT2D eigenvalue weighted by atomic mass is 10.1. The Hall–Kier alpha value is -0.770. The van der Waals surface area contributed by atoms with Gasteiger partial charge in [-0.25, -0.2) is 0 Å². The lowest BCUT2D eigenvalue weighted by Gasteiger charge is -2.23. The van der Waals surface area contributed by atoms with Crippen LogP contribution in [0.3, 0.4) is 0 Å². The van der Waals surface area contributed by atoms with Gasteiger partial charge in [-0.1, -0.05) is 17.7 Å². The zero-order chi connectivity index (χ0) is 13.0. The highest BCUT2D eigenvalue weighted by Crippen LogP contribution is 2.28. The summed E-state index contributed by atoms with van der Waals surface area (Å²) in [5, 5.41) is 0.815. The molecule has 1 unspecified atom stereocenters. The summed E-state index contributed by atoms with van der Waals surface area (Å²) in [6, 6.07) is 6.42. The number of anilines is 1. The summed E-state index contributed by atoms with van der Waals surface area (Å²) in [7, 11) is 0. The molecule has 1 heterocycles. The number of rotatable bonds is 3. The molecule has 100 valence electrons.